The minimum absolute atomic E-state index is 0.311. The van der Waals surface area contributed by atoms with Crippen molar-refractivity contribution in [3.63, 3.8) is 0 Å². The van der Waals surface area contributed by atoms with Gasteiger partial charge in [0, 0.05) is 6.04 Å². The lowest BCUT2D eigenvalue weighted by Crippen LogP contribution is -2.37. The Morgan fingerprint density at radius 2 is 1.77 bits per heavy atom. The van der Waals surface area contributed by atoms with Crippen LogP contribution in [-0.2, 0) is 0 Å². The summed E-state index contributed by atoms with van der Waals surface area (Å²) in [6.07, 6.45) is 1.08. The second-order valence-electron chi connectivity index (χ2n) is 4.29. The Morgan fingerprint density at radius 3 is 2.15 bits per heavy atom. The number of guanidine groups is 1. The molecule has 3 heteroatoms. The number of rotatable bonds is 4. The fourth-order valence-electron chi connectivity index (χ4n) is 1.31. The van der Waals surface area contributed by atoms with Crippen LogP contribution in [0.25, 0.3) is 0 Å². The van der Waals surface area contributed by atoms with Gasteiger partial charge in [-0.3, -0.25) is 4.99 Å². The molecule has 0 aliphatic heterocycles. The van der Waals surface area contributed by atoms with Crippen LogP contribution in [0.3, 0.4) is 0 Å². The first kappa shape index (κ1) is 12.3. The standard InChI is InChI=1S/C10H23N3/c1-7(2)6-9(5)13-10(11)12-8(3)4/h7-9H,6H2,1-5H3,(H3,11,12,13). The van der Waals surface area contributed by atoms with Gasteiger partial charge in [-0.1, -0.05) is 13.8 Å². The molecule has 1 atom stereocenters. The third-order valence-electron chi connectivity index (χ3n) is 1.61. The summed E-state index contributed by atoms with van der Waals surface area (Å²) in [6, 6.07) is 0.668. The molecule has 0 aromatic rings. The predicted molar refractivity (Wildman–Crippen MR) is 58.8 cm³/mol. The summed E-state index contributed by atoms with van der Waals surface area (Å²) in [5.74, 6) is 1.23. The van der Waals surface area contributed by atoms with E-state index in [9.17, 15) is 0 Å². The summed E-state index contributed by atoms with van der Waals surface area (Å²) in [6.45, 7) is 10.6. The van der Waals surface area contributed by atoms with Gasteiger partial charge in [-0.15, -0.1) is 0 Å². The van der Waals surface area contributed by atoms with Gasteiger partial charge in [0.2, 0.25) is 0 Å². The Hall–Kier alpha value is -0.730. The molecule has 0 amide bonds. The smallest absolute Gasteiger partial charge is 0.189 e. The average Bonchev–Trinajstić information content (AvgIpc) is 1.80. The van der Waals surface area contributed by atoms with Crippen LogP contribution in [0.5, 0.6) is 0 Å². The molecule has 0 saturated heterocycles. The van der Waals surface area contributed by atoms with Crippen molar-refractivity contribution in [1.82, 2.24) is 5.32 Å². The van der Waals surface area contributed by atoms with Gasteiger partial charge >= 0.3 is 0 Å². The molecule has 3 nitrogen and oxygen atoms in total. The topological polar surface area (TPSA) is 50.4 Å². The lowest BCUT2D eigenvalue weighted by atomic mass is 10.1. The maximum absolute atomic E-state index is 5.69. The van der Waals surface area contributed by atoms with Gasteiger partial charge < -0.3 is 11.1 Å². The van der Waals surface area contributed by atoms with Crippen LogP contribution in [0.15, 0.2) is 4.99 Å². The highest BCUT2D eigenvalue weighted by Crippen LogP contribution is 2.06. The van der Waals surface area contributed by atoms with Crippen molar-refractivity contribution in [2.45, 2.75) is 53.1 Å². The zero-order valence-electron chi connectivity index (χ0n) is 9.46. The summed E-state index contributed by atoms with van der Waals surface area (Å²) in [7, 11) is 0. The van der Waals surface area contributed by atoms with E-state index in [1.165, 1.54) is 0 Å². The second kappa shape index (κ2) is 5.84. The number of nitrogens with two attached hydrogens (primary N) is 1. The van der Waals surface area contributed by atoms with E-state index in [1.54, 1.807) is 0 Å². The predicted octanol–water partition coefficient (Wildman–Crippen LogP) is 1.73. The molecule has 78 valence electrons. The van der Waals surface area contributed by atoms with Gasteiger partial charge in [0.15, 0.2) is 5.96 Å². The highest BCUT2D eigenvalue weighted by molar-refractivity contribution is 5.78. The van der Waals surface area contributed by atoms with Crippen LogP contribution in [0, 0.1) is 5.92 Å². The largest absolute Gasteiger partial charge is 0.370 e. The summed E-state index contributed by atoms with van der Waals surface area (Å²) >= 11 is 0. The fraction of sp³-hybridized carbons (Fsp3) is 0.900. The number of hydrogen-bond donors (Lipinski definition) is 2. The van der Waals surface area contributed by atoms with Gasteiger partial charge in [0.25, 0.3) is 0 Å². The van der Waals surface area contributed by atoms with Crippen molar-refractivity contribution in [2.75, 3.05) is 0 Å². The first-order valence-electron chi connectivity index (χ1n) is 5.01. The van der Waals surface area contributed by atoms with E-state index in [4.69, 9.17) is 5.73 Å². The monoisotopic (exact) mass is 185 g/mol. The fourth-order valence-corrected chi connectivity index (χ4v) is 1.31. The molecular formula is C10H23N3. The minimum Gasteiger partial charge on any atom is -0.370 e. The molecule has 0 bridgehead atoms. The van der Waals surface area contributed by atoms with Gasteiger partial charge in [0.05, 0.1) is 6.04 Å². The molecule has 0 radical (unpaired) electrons. The van der Waals surface area contributed by atoms with E-state index >= 15 is 0 Å². The molecule has 0 aromatic carbocycles. The molecule has 0 spiro atoms. The van der Waals surface area contributed by atoms with Gasteiger partial charge in [-0.05, 0) is 33.1 Å². The third-order valence-corrected chi connectivity index (χ3v) is 1.61. The van der Waals surface area contributed by atoms with Gasteiger partial charge in [-0.25, -0.2) is 0 Å². The molecule has 0 saturated carbocycles. The first-order chi connectivity index (χ1) is 5.91. The normalized spacial score (nSPS) is 15.2. The molecule has 3 N–H and O–H groups in total. The first-order valence-corrected chi connectivity index (χ1v) is 5.01. The molecule has 13 heavy (non-hydrogen) atoms. The van der Waals surface area contributed by atoms with Crippen LogP contribution in [0.1, 0.15) is 41.0 Å². The summed E-state index contributed by atoms with van der Waals surface area (Å²) in [5.41, 5.74) is 5.69. The lowest BCUT2D eigenvalue weighted by molar-refractivity contribution is 0.519. The zero-order chi connectivity index (χ0) is 10.4. The van der Waals surface area contributed by atoms with Crippen LogP contribution in [-0.4, -0.2) is 18.0 Å². The highest BCUT2D eigenvalue weighted by atomic mass is 15.1. The maximum atomic E-state index is 5.69. The van der Waals surface area contributed by atoms with E-state index in [2.05, 4.69) is 44.9 Å². The molecule has 0 aliphatic carbocycles. The maximum Gasteiger partial charge on any atom is 0.189 e. The average molecular weight is 185 g/mol. The molecule has 0 fully saturated rings. The van der Waals surface area contributed by atoms with Crippen LogP contribution >= 0.6 is 0 Å². The number of hydrogen-bond acceptors (Lipinski definition) is 1. The second-order valence-corrected chi connectivity index (χ2v) is 4.29. The Balaban J connectivity index is 3.91. The Bertz CT molecular complexity index is 162. The van der Waals surface area contributed by atoms with Crippen molar-refractivity contribution < 1.29 is 0 Å². The molecule has 0 aromatic heterocycles. The summed E-state index contributed by atoms with van der Waals surface area (Å²) in [4.78, 5) is 4.34. The summed E-state index contributed by atoms with van der Waals surface area (Å²) < 4.78 is 0. The van der Waals surface area contributed by atoms with Gasteiger partial charge in [0.1, 0.15) is 0 Å². The molecule has 0 rings (SSSR count). The molecule has 1 unspecified atom stereocenters. The molecule has 0 heterocycles. The van der Waals surface area contributed by atoms with Gasteiger partial charge in [-0.2, -0.15) is 0 Å². The van der Waals surface area contributed by atoms with Crippen molar-refractivity contribution in [3.8, 4) is 0 Å². The van der Waals surface area contributed by atoms with Crippen LogP contribution < -0.4 is 11.1 Å². The Kier molecular flexibility index (Phi) is 5.51. The van der Waals surface area contributed by atoms with Crippen LogP contribution in [0.4, 0.5) is 0 Å². The third kappa shape index (κ3) is 7.62. The van der Waals surface area contributed by atoms with Crippen molar-refractivity contribution >= 4 is 5.96 Å². The number of nitrogens with zero attached hydrogens (tertiary/aromatic N) is 1. The van der Waals surface area contributed by atoms with E-state index in [1.807, 2.05) is 0 Å². The van der Waals surface area contributed by atoms with E-state index < -0.39 is 0 Å². The van der Waals surface area contributed by atoms with E-state index in [-0.39, 0.29) is 0 Å². The van der Waals surface area contributed by atoms with Crippen molar-refractivity contribution in [3.05, 3.63) is 0 Å². The van der Waals surface area contributed by atoms with Crippen molar-refractivity contribution in [2.24, 2.45) is 16.6 Å². The SMILES string of the molecule is CC(C)CC(C)N=C(N)NC(C)C. The van der Waals surface area contributed by atoms with E-state index in [0.717, 1.165) is 6.42 Å². The van der Waals surface area contributed by atoms with Crippen LogP contribution in [0.2, 0.25) is 0 Å². The highest BCUT2D eigenvalue weighted by Gasteiger charge is 2.04. The number of nitrogens with one attached hydrogen (secondary N) is 1. The summed E-state index contributed by atoms with van der Waals surface area (Å²) in [5, 5.41) is 3.07. The lowest BCUT2D eigenvalue weighted by Gasteiger charge is -2.13. The van der Waals surface area contributed by atoms with Crippen molar-refractivity contribution in [1.29, 1.82) is 0 Å². The molecular weight excluding hydrogens is 162 g/mol. The number of aliphatic imine (C=N–C) groups is 1. The van der Waals surface area contributed by atoms with E-state index in [0.29, 0.717) is 24.0 Å². The zero-order valence-corrected chi connectivity index (χ0v) is 9.46. The Labute approximate surface area is 81.8 Å². The minimum atomic E-state index is 0.311. The Morgan fingerprint density at radius 1 is 1.23 bits per heavy atom. The molecule has 0 aliphatic rings. The quantitative estimate of drug-likeness (QED) is 0.517.